The number of nitro benzene ring substituents is 1. The van der Waals surface area contributed by atoms with Crippen LogP contribution in [0, 0.1) is 10.1 Å². The predicted molar refractivity (Wildman–Crippen MR) is 133 cm³/mol. The number of hydrogen-bond acceptors (Lipinski definition) is 3. The number of para-hydroxylation sites is 1. The molecule has 0 unspecified atom stereocenters. The second kappa shape index (κ2) is 9.78. The van der Waals surface area contributed by atoms with Crippen LogP contribution in [0.4, 0.5) is 16.2 Å². The summed E-state index contributed by atoms with van der Waals surface area (Å²) in [6.07, 6.45) is 3.71. The van der Waals surface area contributed by atoms with E-state index in [1.54, 1.807) is 12.1 Å². The SMILES string of the molecule is C[C@@H](NC(=O)Nc1ccccc1C=Cc1ccc([N+](=O)[O-])cc1)c1cccc2ccccc12. The molecule has 33 heavy (non-hydrogen) atoms. The molecule has 0 aliphatic rings. The normalized spacial score (nSPS) is 11.9. The van der Waals surface area contributed by atoms with Gasteiger partial charge in [0, 0.05) is 17.8 Å². The maximum atomic E-state index is 12.7. The van der Waals surface area contributed by atoms with Gasteiger partial charge in [-0.2, -0.15) is 0 Å². The van der Waals surface area contributed by atoms with Gasteiger partial charge in [-0.05, 0) is 52.6 Å². The topological polar surface area (TPSA) is 84.3 Å². The zero-order valence-electron chi connectivity index (χ0n) is 18.1. The van der Waals surface area contributed by atoms with Gasteiger partial charge in [-0.3, -0.25) is 10.1 Å². The Balaban J connectivity index is 1.47. The number of non-ortho nitro benzene ring substituents is 1. The average Bonchev–Trinajstić information content (AvgIpc) is 2.83. The van der Waals surface area contributed by atoms with Gasteiger partial charge in [-0.15, -0.1) is 0 Å². The molecule has 4 rings (SSSR count). The summed E-state index contributed by atoms with van der Waals surface area (Å²) in [4.78, 5) is 23.1. The molecular weight excluding hydrogens is 414 g/mol. The summed E-state index contributed by atoms with van der Waals surface area (Å²) in [5.74, 6) is 0. The van der Waals surface area contributed by atoms with Crippen molar-refractivity contribution in [3.8, 4) is 0 Å². The highest BCUT2D eigenvalue weighted by Crippen LogP contribution is 2.25. The van der Waals surface area contributed by atoms with Crippen molar-refractivity contribution < 1.29 is 9.72 Å². The van der Waals surface area contributed by atoms with Crippen LogP contribution in [0.3, 0.4) is 0 Å². The molecular formula is C27H23N3O3. The highest BCUT2D eigenvalue weighted by molar-refractivity contribution is 5.93. The summed E-state index contributed by atoms with van der Waals surface area (Å²) in [7, 11) is 0. The van der Waals surface area contributed by atoms with Gasteiger partial charge in [0.2, 0.25) is 0 Å². The lowest BCUT2D eigenvalue weighted by molar-refractivity contribution is -0.384. The molecule has 2 N–H and O–H groups in total. The standard InChI is InChI=1S/C27H23N3O3/c1-19(24-11-6-9-21-7-2-4-10-25(21)24)28-27(31)29-26-12-5-3-8-22(26)16-13-20-14-17-23(18-15-20)30(32)33/h2-19H,1H3,(H2,28,29,31)/t19-/m1/s1. The number of anilines is 1. The van der Waals surface area contributed by atoms with Crippen molar-refractivity contribution in [2.45, 2.75) is 13.0 Å². The van der Waals surface area contributed by atoms with Crippen LogP contribution in [0.5, 0.6) is 0 Å². The fourth-order valence-electron chi connectivity index (χ4n) is 3.71. The average molecular weight is 437 g/mol. The number of nitrogens with one attached hydrogen (secondary N) is 2. The maximum absolute atomic E-state index is 12.7. The molecule has 4 aromatic carbocycles. The number of benzene rings is 4. The molecule has 0 bridgehead atoms. The van der Waals surface area contributed by atoms with E-state index in [-0.39, 0.29) is 17.8 Å². The quantitative estimate of drug-likeness (QED) is 0.198. The number of rotatable bonds is 6. The molecule has 1 atom stereocenters. The first-order chi connectivity index (χ1) is 16.0. The van der Waals surface area contributed by atoms with Crippen LogP contribution in [0.1, 0.15) is 29.7 Å². The smallest absolute Gasteiger partial charge is 0.319 e. The van der Waals surface area contributed by atoms with E-state index in [9.17, 15) is 14.9 Å². The zero-order valence-corrected chi connectivity index (χ0v) is 18.1. The van der Waals surface area contributed by atoms with Gasteiger partial charge in [-0.25, -0.2) is 4.79 Å². The third kappa shape index (κ3) is 5.25. The molecule has 0 saturated carbocycles. The molecule has 6 heteroatoms. The Labute approximate surface area is 191 Å². The fourth-order valence-corrected chi connectivity index (χ4v) is 3.71. The first-order valence-electron chi connectivity index (χ1n) is 10.6. The van der Waals surface area contributed by atoms with Gasteiger partial charge in [0.05, 0.1) is 11.0 Å². The van der Waals surface area contributed by atoms with Crippen molar-refractivity contribution in [3.05, 3.63) is 118 Å². The lowest BCUT2D eigenvalue weighted by atomic mass is 10.00. The van der Waals surface area contributed by atoms with Crippen LogP contribution in [0.25, 0.3) is 22.9 Å². The van der Waals surface area contributed by atoms with Crippen LogP contribution in [-0.4, -0.2) is 11.0 Å². The Hall–Kier alpha value is -4.45. The van der Waals surface area contributed by atoms with Crippen molar-refractivity contribution >= 4 is 40.3 Å². The van der Waals surface area contributed by atoms with Crippen molar-refractivity contribution in [2.24, 2.45) is 0 Å². The Bertz CT molecular complexity index is 1320. The van der Waals surface area contributed by atoms with E-state index in [1.165, 1.54) is 12.1 Å². The molecule has 2 amide bonds. The largest absolute Gasteiger partial charge is 0.331 e. The molecule has 4 aromatic rings. The second-order valence-electron chi connectivity index (χ2n) is 7.66. The van der Waals surface area contributed by atoms with Crippen molar-refractivity contribution in [1.82, 2.24) is 5.32 Å². The van der Waals surface area contributed by atoms with Gasteiger partial charge in [0.15, 0.2) is 0 Å². The molecule has 0 saturated heterocycles. The summed E-state index contributed by atoms with van der Waals surface area (Å²) in [6, 6.07) is 27.4. The lowest BCUT2D eigenvalue weighted by Crippen LogP contribution is -2.31. The number of amides is 2. The first kappa shape index (κ1) is 21.8. The molecule has 0 aromatic heterocycles. The molecule has 0 aliphatic carbocycles. The number of carbonyl (C=O) groups is 1. The monoisotopic (exact) mass is 437 g/mol. The third-order valence-corrected chi connectivity index (χ3v) is 5.41. The summed E-state index contributed by atoms with van der Waals surface area (Å²) >= 11 is 0. The van der Waals surface area contributed by atoms with Crippen LogP contribution < -0.4 is 10.6 Å². The Morgan fingerprint density at radius 2 is 1.58 bits per heavy atom. The van der Waals surface area contributed by atoms with Crippen molar-refractivity contribution in [3.63, 3.8) is 0 Å². The summed E-state index contributed by atoms with van der Waals surface area (Å²) in [5, 5.41) is 19.0. The number of hydrogen-bond donors (Lipinski definition) is 2. The first-order valence-corrected chi connectivity index (χ1v) is 10.6. The maximum Gasteiger partial charge on any atom is 0.319 e. The van der Waals surface area contributed by atoms with E-state index in [0.29, 0.717) is 5.69 Å². The van der Waals surface area contributed by atoms with Gasteiger partial charge in [0.25, 0.3) is 5.69 Å². The summed E-state index contributed by atoms with van der Waals surface area (Å²) < 4.78 is 0. The van der Waals surface area contributed by atoms with E-state index in [4.69, 9.17) is 0 Å². The minimum absolute atomic E-state index is 0.0474. The van der Waals surface area contributed by atoms with Crippen LogP contribution in [0.15, 0.2) is 91.0 Å². The van der Waals surface area contributed by atoms with Crippen molar-refractivity contribution in [1.29, 1.82) is 0 Å². The fraction of sp³-hybridized carbons (Fsp3) is 0.0741. The molecule has 6 nitrogen and oxygen atoms in total. The number of urea groups is 1. The summed E-state index contributed by atoms with van der Waals surface area (Å²) in [5.41, 5.74) is 3.41. The van der Waals surface area contributed by atoms with E-state index in [1.807, 2.05) is 67.6 Å². The third-order valence-electron chi connectivity index (χ3n) is 5.41. The minimum atomic E-state index is -0.426. The van der Waals surface area contributed by atoms with E-state index < -0.39 is 4.92 Å². The number of nitro groups is 1. The van der Waals surface area contributed by atoms with Gasteiger partial charge >= 0.3 is 6.03 Å². The Morgan fingerprint density at radius 1 is 0.879 bits per heavy atom. The molecule has 164 valence electrons. The molecule has 0 fully saturated rings. The van der Waals surface area contributed by atoms with Gasteiger partial charge in [0.1, 0.15) is 0 Å². The Kier molecular flexibility index (Phi) is 6.45. The number of nitrogens with zero attached hydrogens (tertiary/aromatic N) is 1. The minimum Gasteiger partial charge on any atom is -0.331 e. The number of fused-ring (bicyclic) bond motifs is 1. The second-order valence-corrected chi connectivity index (χ2v) is 7.66. The summed E-state index contributed by atoms with van der Waals surface area (Å²) in [6.45, 7) is 1.96. The van der Waals surface area contributed by atoms with Gasteiger partial charge in [-0.1, -0.05) is 72.8 Å². The van der Waals surface area contributed by atoms with Gasteiger partial charge < -0.3 is 10.6 Å². The lowest BCUT2D eigenvalue weighted by Gasteiger charge is -2.18. The zero-order chi connectivity index (χ0) is 23.2. The van der Waals surface area contributed by atoms with Crippen LogP contribution in [-0.2, 0) is 0 Å². The molecule has 0 heterocycles. The molecule has 0 radical (unpaired) electrons. The molecule has 0 aliphatic heterocycles. The Morgan fingerprint density at radius 3 is 2.36 bits per heavy atom. The van der Waals surface area contributed by atoms with E-state index in [2.05, 4.69) is 28.8 Å². The predicted octanol–water partition coefficient (Wildman–Crippen LogP) is 6.80. The van der Waals surface area contributed by atoms with E-state index >= 15 is 0 Å². The van der Waals surface area contributed by atoms with Crippen molar-refractivity contribution in [2.75, 3.05) is 5.32 Å². The van der Waals surface area contributed by atoms with E-state index in [0.717, 1.165) is 27.5 Å². The molecule has 0 spiro atoms. The highest BCUT2D eigenvalue weighted by atomic mass is 16.6. The number of carbonyl (C=O) groups excluding carboxylic acids is 1. The highest BCUT2D eigenvalue weighted by Gasteiger charge is 2.13. The van der Waals surface area contributed by atoms with Crippen LogP contribution >= 0.6 is 0 Å². The van der Waals surface area contributed by atoms with Crippen LogP contribution in [0.2, 0.25) is 0 Å².